The first-order valence-electron chi connectivity index (χ1n) is 12.9. The molecule has 2 aromatic carbocycles. The van der Waals surface area contributed by atoms with Crippen molar-refractivity contribution < 1.29 is 23.9 Å². The summed E-state index contributed by atoms with van der Waals surface area (Å²) in [5.74, 6) is 1.37. The molecule has 0 aliphatic carbocycles. The van der Waals surface area contributed by atoms with Crippen molar-refractivity contribution in [2.75, 3.05) is 19.8 Å². The van der Waals surface area contributed by atoms with Crippen LogP contribution in [0.3, 0.4) is 0 Å². The second-order valence-corrected chi connectivity index (χ2v) is 11.3. The molecule has 0 amide bonds. The number of pyridine rings is 1. The van der Waals surface area contributed by atoms with Crippen LogP contribution in [0.5, 0.6) is 11.6 Å². The predicted octanol–water partition coefficient (Wildman–Crippen LogP) is 5.25. The zero-order chi connectivity index (χ0) is 26.6. The molecule has 0 unspecified atom stereocenters. The van der Waals surface area contributed by atoms with Crippen molar-refractivity contribution in [3.8, 4) is 22.8 Å². The van der Waals surface area contributed by atoms with E-state index in [9.17, 15) is 5.11 Å². The van der Waals surface area contributed by atoms with Gasteiger partial charge in [-0.25, -0.2) is 4.98 Å². The fourth-order valence-electron chi connectivity index (χ4n) is 4.21. The van der Waals surface area contributed by atoms with Gasteiger partial charge in [0.05, 0.1) is 12.2 Å². The SMILES string of the molecule is Cc1nc(OCCC(C)(C)O)ccc1-c1cccc(COc2ccc(B3OCC(C)(C)CO3)cc2)c1C. The van der Waals surface area contributed by atoms with Crippen LogP contribution in [-0.2, 0) is 15.9 Å². The Kier molecular flexibility index (Phi) is 8.27. The minimum atomic E-state index is -0.758. The molecular formula is C30H38BNO5. The number of nitrogens with zero attached hydrogens (tertiary/aromatic N) is 1. The minimum absolute atomic E-state index is 0.0497. The number of aliphatic hydroxyl groups is 1. The summed E-state index contributed by atoms with van der Waals surface area (Å²) in [6.07, 6.45) is 0.542. The van der Waals surface area contributed by atoms with Crippen molar-refractivity contribution in [2.24, 2.45) is 5.41 Å². The van der Waals surface area contributed by atoms with Crippen LogP contribution in [0.1, 0.15) is 50.9 Å². The van der Waals surface area contributed by atoms with Crippen LogP contribution in [0.25, 0.3) is 11.1 Å². The van der Waals surface area contributed by atoms with E-state index in [0.29, 0.717) is 38.7 Å². The number of aryl methyl sites for hydroxylation is 1. The molecule has 4 rings (SSSR count). The highest BCUT2D eigenvalue weighted by Crippen LogP contribution is 2.30. The van der Waals surface area contributed by atoms with Gasteiger partial charge in [0.25, 0.3) is 0 Å². The Labute approximate surface area is 221 Å². The molecule has 37 heavy (non-hydrogen) atoms. The summed E-state index contributed by atoms with van der Waals surface area (Å²) in [7, 11) is -0.323. The van der Waals surface area contributed by atoms with Gasteiger partial charge in [0.15, 0.2) is 0 Å². The number of rotatable bonds is 9. The predicted molar refractivity (Wildman–Crippen MR) is 147 cm³/mol. The van der Waals surface area contributed by atoms with Crippen LogP contribution >= 0.6 is 0 Å². The third-order valence-corrected chi connectivity index (χ3v) is 6.56. The van der Waals surface area contributed by atoms with E-state index >= 15 is 0 Å². The molecule has 1 saturated heterocycles. The first kappa shape index (κ1) is 27.2. The monoisotopic (exact) mass is 503 g/mol. The molecule has 0 atom stereocenters. The van der Waals surface area contributed by atoms with E-state index in [1.807, 2.05) is 43.3 Å². The second-order valence-electron chi connectivity index (χ2n) is 11.3. The van der Waals surface area contributed by atoms with Crippen molar-refractivity contribution in [1.82, 2.24) is 4.98 Å². The zero-order valence-corrected chi connectivity index (χ0v) is 22.8. The molecule has 0 bridgehead atoms. The van der Waals surface area contributed by atoms with E-state index in [-0.39, 0.29) is 12.5 Å². The molecule has 1 fully saturated rings. The van der Waals surface area contributed by atoms with E-state index in [0.717, 1.165) is 39.2 Å². The van der Waals surface area contributed by atoms with Gasteiger partial charge in [0, 0.05) is 42.4 Å². The summed E-state index contributed by atoms with van der Waals surface area (Å²) < 4.78 is 23.6. The number of aromatic nitrogens is 1. The second kappa shape index (κ2) is 11.3. The molecule has 1 N–H and O–H groups in total. The standard InChI is InChI=1S/C30H38BNO5/c1-21-23(18-35-25-12-10-24(11-13-25)31-36-19-29(3,4)20-37-31)8-7-9-26(21)27-14-15-28(32-22(27)2)34-17-16-30(5,6)33/h7-15,33H,16-20H2,1-6H3. The quantitative estimate of drug-likeness (QED) is 0.402. The Morgan fingerprint density at radius 2 is 1.65 bits per heavy atom. The minimum Gasteiger partial charge on any atom is -0.489 e. The summed E-state index contributed by atoms with van der Waals surface area (Å²) in [6.45, 7) is 14.2. The number of hydrogen-bond acceptors (Lipinski definition) is 6. The molecule has 1 aliphatic rings. The lowest BCUT2D eigenvalue weighted by Crippen LogP contribution is -2.47. The number of benzene rings is 2. The third kappa shape index (κ3) is 7.34. The largest absolute Gasteiger partial charge is 0.493 e. The maximum atomic E-state index is 9.88. The topological polar surface area (TPSA) is 70.0 Å². The van der Waals surface area contributed by atoms with Crippen molar-refractivity contribution in [3.05, 3.63) is 71.4 Å². The van der Waals surface area contributed by atoms with Gasteiger partial charge in [-0.1, -0.05) is 44.2 Å². The Bertz CT molecular complexity index is 1190. The Balaban J connectivity index is 1.39. The maximum Gasteiger partial charge on any atom is 0.493 e. The highest BCUT2D eigenvalue weighted by Gasteiger charge is 2.33. The molecule has 196 valence electrons. The number of hydrogen-bond donors (Lipinski definition) is 1. The number of ether oxygens (including phenoxy) is 2. The molecule has 0 radical (unpaired) electrons. The first-order valence-corrected chi connectivity index (χ1v) is 12.9. The molecule has 7 heteroatoms. The molecule has 6 nitrogen and oxygen atoms in total. The van der Waals surface area contributed by atoms with E-state index in [1.165, 1.54) is 0 Å². The van der Waals surface area contributed by atoms with Crippen molar-refractivity contribution >= 4 is 12.6 Å². The van der Waals surface area contributed by atoms with E-state index in [1.54, 1.807) is 13.8 Å². The lowest BCUT2D eigenvalue weighted by molar-refractivity contribution is 0.0343. The fraction of sp³-hybridized carbons (Fsp3) is 0.433. The van der Waals surface area contributed by atoms with Gasteiger partial charge in [-0.2, -0.15) is 0 Å². The first-order chi connectivity index (χ1) is 17.5. The van der Waals surface area contributed by atoms with Crippen LogP contribution in [0.2, 0.25) is 0 Å². The van der Waals surface area contributed by atoms with Crippen molar-refractivity contribution in [2.45, 2.75) is 60.2 Å². The van der Waals surface area contributed by atoms with Gasteiger partial charge < -0.3 is 23.9 Å². The highest BCUT2D eigenvalue weighted by molar-refractivity contribution is 6.61. The average Bonchev–Trinajstić information content (AvgIpc) is 2.84. The summed E-state index contributed by atoms with van der Waals surface area (Å²) in [5.41, 5.74) is 5.65. The van der Waals surface area contributed by atoms with Crippen LogP contribution in [0.15, 0.2) is 54.6 Å². The summed E-state index contributed by atoms with van der Waals surface area (Å²) >= 11 is 0. The summed E-state index contributed by atoms with van der Waals surface area (Å²) in [6, 6.07) is 18.1. The van der Waals surface area contributed by atoms with Crippen molar-refractivity contribution in [1.29, 1.82) is 0 Å². The lowest BCUT2D eigenvalue weighted by atomic mass is 9.76. The Morgan fingerprint density at radius 1 is 0.946 bits per heavy atom. The maximum absolute atomic E-state index is 9.88. The van der Waals surface area contributed by atoms with Gasteiger partial charge in [-0.05, 0) is 68.0 Å². The Hall–Kier alpha value is -2.87. The molecule has 3 aromatic rings. The summed E-state index contributed by atoms with van der Waals surface area (Å²) in [5, 5.41) is 9.88. The molecule has 0 saturated carbocycles. The van der Waals surface area contributed by atoms with E-state index in [2.05, 4.69) is 44.0 Å². The summed E-state index contributed by atoms with van der Waals surface area (Å²) in [4.78, 5) is 4.63. The van der Waals surface area contributed by atoms with Crippen LogP contribution in [0.4, 0.5) is 0 Å². The molecule has 0 spiro atoms. The van der Waals surface area contributed by atoms with Crippen molar-refractivity contribution in [3.63, 3.8) is 0 Å². The smallest absolute Gasteiger partial charge is 0.489 e. The fourth-order valence-corrected chi connectivity index (χ4v) is 4.21. The van der Waals surface area contributed by atoms with Gasteiger partial charge in [-0.15, -0.1) is 0 Å². The highest BCUT2D eigenvalue weighted by atomic mass is 16.6. The molecular weight excluding hydrogens is 465 g/mol. The van der Waals surface area contributed by atoms with Gasteiger partial charge in [0.1, 0.15) is 12.4 Å². The normalized spacial score (nSPS) is 15.5. The molecule has 1 aliphatic heterocycles. The molecule has 2 heterocycles. The third-order valence-electron chi connectivity index (χ3n) is 6.56. The van der Waals surface area contributed by atoms with Gasteiger partial charge in [0.2, 0.25) is 5.88 Å². The van der Waals surface area contributed by atoms with E-state index in [4.69, 9.17) is 18.8 Å². The van der Waals surface area contributed by atoms with Gasteiger partial charge >= 0.3 is 7.12 Å². The van der Waals surface area contributed by atoms with Gasteiger partial charge in [-0.3, -0.25) is 0 Å². The average molecular weight is 503 g/mol. The van der Waals surface area contributed by atoms with Crippen LogP contribution in [-0.4, -0.2) is 42.6 Å². The zero-order valence-electron chi connectivity index (χ0n) is 22.8. The molecule has 1 aromatic heterocycles. The Morgan fingerprint density at radius 3 is 2.30 bits per heavy atom. The van der Waals surface area contributed by atoms with Crippen LogP contribution < -0.4 is 14.9 Å². The lowest BCUT2D eigenvalue weighted by Gasteiger charge is -2.33. The van der Waals surface area contributed by atoms with Crippen LogP contribution in [0, 0.1) is 19.3 Å². The van der Waals surface area contributed by atoms with E-state index < -0.39 is 5.60 Å².